The van der Waals surface area contributed by atoms with Crippen molar-refractivity contribution in [1.29, 1.82) is 0 Å². The minimum Gasteiger partial charge on any atom is -0.343 e. The molecule has 110 valence electrons. The Morgan fingerprint density at radius 2 is 1.95 bits per heavy atom. The molecule has 1 aromatic carbocycles. The first kappa shape index (κ1) is 16.5. The first-order chi connectivity index (χ1) is 9.60. The van der Waals surface area contributed by atoms with E-state index in [9.17, 15) is 9.59 Å². The first-order valence-electron chi connectivity index (χ1n) is 6.90. The molecule has 4 nitrogen and oxygen atoms in total. The second-order valence-corrected chi connectivity index (χ2v) is 4.90. The zero-order valence-electron chi connectivity index (χ0n) is 12.0. The zero-order chi connectivity index (χ0) is 15.0. The Bertz CT molecular complexity index is 463. The van der Waals surface area contributed by atoms with Crippen LogP contribution in [-0.4, -0.2) is 36.3 Å². The number of likely N-dealkylation sites (N-methyl/N-ethyl adjacent to an activating group) is 1. The second kappa shape index (κ2) is 8.59. The van der Waals surface area contributed by atoms with Crippen LogP contribution in [0.3, 0.4) is 0 Å². The molecule has 0 aliphatic heterocycles. The molecule has 0 aliphatic carbocycles. The van der Waals surface area contributed by atoms with Crippen LogP contribution in [0.25, 0.3) is 0 Å². The van der Waals surface area contributed by atoms with Crippen LogP contribution in [0.15, 0.2) is 24.3 Å². The summed E-state index contributed by atoms with van der Waals surface area (Å²) in [4.78, 5) is 25.7. The van der Waals surface area contributed by atoms with Crippen LogP contribution < -0.4 is 5.32 Å². The fourth-order valence-corrected chi connectivity index (χ4v) is 2.04. The minimum atomic E-state index is -0.324. The summed E-state index contributed by atoms with van der Waals surface area (Å²) in [7, 11) is 0. The third kappa shape index (κ3) is 4.85. The van der Waals surface area contributed by atoms with E-state index in [-0.39, 0.29) is 18.4 Å². The van der Waals surface area contributed by atoms with Gasteiger partial charge in [0.15, 0.2) is 0 Å². The van der Waals surface area contributed by atoms with Gasteiger partial charge in [0.25, 0.3) is 5.91 Å². The molecule has 0 spiro atoms. The van der Waals surface area contributed by atoms with Gasteiger partial charge < -0.3 is 10.2 Å². The third-order valence-electron chi connectivity index (χ3n) is 3.03. The van der Waals surface area contributed by atoms with Gasteiger partial charge in [0.05, 0.1) is 17.1 Å². The molecular formula is C15H21ClN2O2. The monoisotopic (exact) mass is 296 g/mol. The van der Waals surface area contributed by atoms with E-state index in [0.717, 1.165) is 19.4 Å². The summed E-state index contributed by atoms with van der Waals surface area (Å²) in [5, 5.41) is 3.00. The number of unbranched alkanes of at least 4 members (excludes halogenated alkanes) is 1. The van der Waals surface area contributed by atoms with Gasteiger partial charge in [-0.3, -0.25) is 9.59 Å². The lowest BCUT2D eigenvalue weighted by Crippen LogP contribution is -2.40. The van der Waals surface area contributed by atoms with Gasteiger partial charge in [-0.05, 0) is 25.5 Å². The Labute approximate surface area is 125 Å². The Balaban J connectivity index is 2.52. The lowest BCUT2D eigenvalue weighted by atomic mass is 10.2. The van der Waals surface area contributed by atoms with Crippen molar-refractivity contribution in [2.45, 2.75) is 26.7 Å². The Morgan fingerprint density at radius 1 is 1.25 bits per heavy atom. The van der Waals surface area contributed by atoms with Gasteiger partial charge in [-0.25, -0.2) is 0 Å². The van der Waals surface area contributed by atoms with Crippen molar-refractivity contribution in [3.63, 3.8) is 0 Å². The molecule has 0 radical (unpaired) electrons. The fraction of sp³-hybridized carbons (Fsp3) is 0.467. The number of hydrogen-bond donors (Lipinski definition) is 1. The summed E-state index contributed by atoms with van der Waals surface area (Å²) in [6.45, 7) is 5.40. The van der Waals surface area contributed by atoms with E-state index in [0.29, 0.717) is 17.1 Å². The summed E-state index contributed by atoms with van der Waals surface area (Å²) in [5.74, 6) is -0.392. The summed E-state index contributed by atoms with van der Waals surface area (Å²) >= 11 is 5.94. The second-order valence-electron chi connectivity index (χ2n) is 4.49. The van der Waals surface area contributed by atoms with E-state index >= 15 is 0 Å². The van der Waals surface area contributed by atoms with Gasteiger partial charge in [-0.15, -0.1) is 0 Å². The number of amides is 2. The zero-order valence-corrected chi connectivity index (χ0v) is 12.7. The molecule has 0 atom stereocenters. The highest BCUT2D eigenvalue weighted by atomic mass is 35.5. The Kier molecular flexibility index (Phi) is 7.09. The Morgan fingerprint density at radius 3 is 2.55 bits per heavy atom. The molecule has 0 bridgehead atoms. The van der Waals surface area contributed by atoms with E-state index < -0.39 is 0 Å². The smallest absolute Gasteiger partial charge is 0.253 e. The maximum Gasteiger partial charge on any atom is 0.253 e. The molecule has 0 fully saturated rings. The highest BCUT2D eigenvalue weighted by Gasteiger charge is 2.14. The van der Waals surface area contributed by atoms with Crippen LogP contribution in [0.4, 0.5) is 0 Å². The standard InChI is InChI=1S/C15H21ClN2O2/c1-3-5-10-18(4-2)14(19)11-17-15(20)12-8-6-7-9-13(12)16/h6-9H,3-5,10-11H2,1-2H3,(H,17,20). The Hall–Kier alpha value is -1.55. The maximum atomic E-state index is 12.0. The predicted molar refractivity (Wildman–Crippen MR) is 80.9 cm³/mol. The quantitative estimate of drug-likeness (QED) is 0.841. The lowest BCUT2D eigenvalue weighted by Gasteiger charge is -2.20. The van der Waals surface area contributed by atoms with Gasteiger partial charge in [0.2, 0.25) is 5.91 Å². The minimum absolute atomic E-state index is 0.00160. The lowest BCUT2D eigenvalue weighted by molar-refractivity contribution is -0.130. The first-order valence-corrected chi connectivity index (χ1v) is 7.28. The van der Waals surface area contributed by atoms with E-state index in [4.69, 9.17) is 11.6 Å². The van der Waals surface area contributed by atoms with Crippen LogP contribution in [0.2, 0.25) is 5.02 Å². The molecule has 2 amide bonds. The maximum absolute atomic E-state index is 12.0. The average molecular weight is 297 g/mol. The molecule has 0 saturated heterocycles. The third-order valence-corrected chi connectivity index (χ3v) is 3.36. The molecule has 1 rings (SSSR count). The highest BCUT2D eigenvalue weighted by molar-refractivity contribution is 6.33. The van der Waals surface area contributed by atoms with Crippen LogP contribution in [0.1, 0.15) is 37.0 Å². The highest BCUT2D eigenvalue weighted by Crippen LogP contribution is 2.14. The average Bonchev–Trinajstić information content (AvgIpc) is 2.46. The van der Waals surface area contributed by atoms with Crippen LogP contribution in [0, 0.1) is 0 Å². The number of rotatable bonds is 7. The molecule has 1 aromatic rings. The van der Waals surface area contributed by atoms with Crippen molar-refractivity contribution in [3.8, 4) is 0 Å². The van der Waals surface area contributed by atoms with Crippen LogP contribution >= 0.6 is 11.6 Å². The van der Waals surface area contributed by atoms with E-state index in [1.54, 1.807) is 29.2 Å². The van der Waals surface area contributed by atoms with Crippen molar-refractivity contribution in [2.75, 3.05) is 19.6 Å². The normalized spacial score (nSPS) is 10.2. The van der Waals surface area contributed by atoms with Gasteiger partial charge in [-0.2, -0.15) is 0 Å². The van der Waals surface area contributed by atoms with E-state index in [1.165, 1.54) is 0 Å². The van der Waals surface area contributed by atoms with Gasteiger partial charge in [0, 0.05) is 13.1 Å². The topological polar surface area (TPSA) is 49.4 Å². The number of nitrogens with zero attached hydrogens (tertiary/aromatic N) is 1. The number of benzene rings is 1. The molecule has 5 heteroatoms. The molecule has 20 heavy (non-hydrogen) atoms. The van der Waals surface area contributed by atoms with Gasteiger partial charge in [0.1, 0.15) is 0 Å². The predicted octanol–water partition coefficient (Wildman–Crippen LogP) is 2.72. The number of hydrogen-bond acceptors (Lipinski definition) is 2. The van der Waals surface area contributed by atoms with Gasteiger partial charge in [-0.1, -0.05) is 37.1 Å². The molecule has 0 aromatic heterocycles. The van der Waals surface area contributed by atoms with Crippen LogP contribution in [-0.2, 0) is 4.79 Å². The SMILES string of the molecule is CCCCN(CC)C(=O)CNC(=O)c1ccccc1Cl. The summed E-state index contributed by atoms with van der Waals surface area (Å²) in [6, 6.07) is 6.78. The number of nitrogens with one attached hydrogen (secondary N) is 1. The fourth-order valence-electron chi connectivity index (χ4n) is 1.82. The number of carbonyl (C=O) groups is 2. The van der Waals surface area contributed by atoms with Crippen molar-refractivity contribution >= 4 is 23.4 Å². The molecule has 0 heterocycles. The molecule has 0 aliphatic rings. The molecular weight excluding hydrogens is 276 g/mol. The largest absolute Gasteiger partial charge is 0.343 e. The van der Waals surface area contributed by atoms with Crippen LogP contribution in [0.5, 0.6) is 0 Å². The van der Waals surface area contributed by atoms with Crippen molar-refractivity contribution in [1.82, 2.24) is 10.2 Å². The number of carbonyl (C=O) groups excluding carboxylic acids is 2. The van der Waals surface area contributed by atoms with Crippen molar-refractivity contribution < 1.29 is 9.59 Å². The molecule has 1 N–H and O–H groups in total. The molecule has 0 saturated carbocycles. The van der Waals surface area contributed by atoms with Crippen molar-refractivity contribution in [2.24, 2.45) is 0 Å². The summed E-state index contributed by atoms with van der Waals surface area (Å²) < 4.78 is 0. The van der Waals surface area contributed by atoms with E-state index in [2.05, 4.69) is 12.2 Å². The van der Waals surface area contributed by atoms with E-state index in [1.807, 2.05) is 6.92 Å². The van der Waals surface area contributed by atoms with Crippen molar-refractivity contribution in [3.05, 3.63) is 34.9 Å². The summed E-state index contributed by atoms with van der Waals surface area (Å²) in [6.07, 6.45) is 2.01. The van der Waals surface area contributed by atoms with Gasteiger partial charge >= 0.3 is 0 Å². The number of halogens is 1. The molecule has 0 unspecified atom stereocenters. The summed E-state index contributed by atoms with van der Waals surface area (Å²) in [5.41, 5.74) is 0.388.